The second-order valence-corrected chi connectivity index (χ2v) is 6.66. The van der Waals surface area contributed by atoms with Crippen LogP contribution in [0, 0.1) is 0 Å². The number of hydrogen-bond acceptors (Lipinski definition) is 4. The molecule has 1 amide bonds. The van der Waals surface area contributed by atoms with Crippen molar-refractivity contribution in [3.63, 3.8) is 0 Å². The number of anilines is 1. The van der Waals surface area contributed by atoms with Crippen molar-refractivity contribution in [2.75, 3.05) is 12.4 Å². The van der Waals surface area contributed by atoms with E-state index in [1.54, 1.807) is 54.6 Å². The number of carbonyl (C=O) groups is 2. The number of halogens is 2. The molecular weight excluding hydrogens is 404 g/mol. The first-order chi connectivity index (χ1) is 15.0. The summed E-state index contributed by atoms with van der Waals surface area (Å²) in [4.78, 5) is 24.5. The molecule has 0 atom stereocenters. The van der Waals surface area contributed by atoms with Crippen LogP contribution in [-0.4, -0.2) is 25.4 Å². The number of Topliss-reactive ketones (excluding diaryl/α,β-unsaturated/α-hetero) is 1. The fourth-order valence-electron chi connectivity index (χ4n) is 3.02. The van der Waals surface area contributed by atoms with E-state index in [1.807, 2.05) is 6.07 Å². The van der Waals surface area contributed by atoms with Crippen LogP contribution in [0.25, 0.3) is 11.1 Å². The Morgan fingerprint density at radius 1 is 0.935 bits per heavy atom. The van der Waals surface area contributed by atoms with Crippen LogP contribution in [0.4, 0.5) is 14.5 Å². The molecule has 3 rings (SSSR count). The summed E-state index contributed by atoms with van der Waals surface area (Å²) < 4.78 is 35.4. The zero-order valence-corrected chi connectivity index (χ0v) is 16.8. The van der Waals surface area contributed by atoms with Crippen LogP contribution in [0.15, 0.2) is 72.8 Å². The summed E-state index contributed by atoms with van der Waals surface area (Å²) in [6.45, 7) is -2.98. The first-order valence-corrected chi connectivity index (χ1v) is 9.57. The summed E-state index contributed by atoms with van der Waals surface area (Å²) in [7, 11) is 1.53. The molecule has 0 aliphatic carbocycles. The molecule has 0 aromatic heterocycles. The number of ketones is 1. The number of rotatable bonds is 9. The molecule has 5 nitrogen and oxygen atoms in total. The molecule has 0 unspecified atom stereocenters. The summed E-state index contributed by atoms with van der Waals surface area (Å²) >= 11 is 0. The fraction of sp³-hybridized carbons (Fsp3) is 0.167. The number of carbonyl (C=O) groups excluding carboxylic acids is 2. The Morgan fingerprint density at radius 3 is 2.29 bits per heavy atom. The fourth-order valence-corrected chi connectivity index (χ4v) is 3.02. The molecular formula is C24H21F2NO4. The average Bonchev–Trinajstić information content (AvgIpc) is 2.79. The first kappa shape index (κ1) is 22.0. The lowest BCUT2D eigenvalue weighted by molar-refractivity contribution is -0.116. The summed E-state index contributed by atoms with van der Waals surface area (Å²) in [5.74, 6) is 0.118. The van der Waals surface area contributed by atoms with Crippen LogP contribution in [0.3, 0.4) is 0 Å². The molecule has 0 saturated heterocycles. The highest BCUT2D eigenvalue weighted by molar-refractivity contribution is 6.00. The van der Waals surface area contributed by atoms with Gasteiger partial charge < -0.3 is 14.8 Å². The van der Waals surface area contributed by atoms with Crippen LogP contribution in [0.2, 0.25) is 0 Å². The summed E-state index contributed by atoms with van der Waals surface area (Å²) in [5.41, 5.74) is 1.96. The van der Waals surface area contributed by atoms with Crippen molar-refractivity contribution in [2.24, 2.45) is 0 Å². The maximum Gasteiger partial charge on any atom is 0.387 e. The Hall–Kier alpha value is -3.74. The molecule has 0 bridgehead atoms. The third-order valence-corrected chi connectivity index (χ3v) is 4.56. The predicted molar refractivity (Wildman–Crippen MR) is 114 cm³/mol. The minimum Gasteiger partial charge on any atom is -0.497 e. The summed E-state index contributed by atoms with van der Waals surface area (Å²) in [5, 5.41) is 2.70. The standard InChI is InChI=1S/C24H21F2NO4/c1-30-19-10-7-16(8-11-19)20-15-18(9-13-22(20)31-24(25)26)27-23(29)14-12-21(28)17-5-3-2-4-6-17/h2-11,13,15,24H,12,14H2,1H3,(H,27,29). The Bertz CT molecular complexity index is 1040. The van der Waals surface area contributed by atoms with E-state index < -0.39 is 6.61 Å². The van der Waals surface area contributed by atoms with Crippen molar-refractivity contribution in [1.82, 2.24) is 0 Å². The van der Waals surface area contributed by atoms with E-state index in [-0.39, 0.29) is 30.3 Å². The van der Waals surface area contributed by atoms with Gasteiger partial charge in [0.1, 0.15) is 11.5 Å². The van der Waals surface area contributed by atoms with Crippen molar-refractivity contribution in [3.05, 3.63) is 78.4 Å². The average molecular weight is 425 g/mol. The Labute approximate surface area is 178 Å². The largest absolute Gasteiger partial charge is 0.497 e. The van der Waals surface area contributed by atoms with Crippen molar-refractivity contribution < 1.29 is 27.8 Å². The summed E-state index contributed by atoms with van der Waals surface area (Å²) in [6.07, 6.45) is 0.0641. The van der Waals surface area contributed by atoms with Gasteiger partial charge in [-0.25, -0.2) is 0 Å². The quantitative estimate of drug-likeness (QED) is 0.456. The number of ether oxygens (including phenoxy) is 2. The van der Waals surface area contributed by atoms with Gasteiger partial charge >= 0.3 is 6.61 Å². The topological polar surface area (TPSA) is 64.6 Å². The normalized spacial score (nSPS) is 10.6. The minimum atomic E-state index is -2.98. The predicted octanol–water partition coefficient (Wildman–Crippen LogP) is 5.57. The van der Waals surface area contributed by atoms with E-state index in [4.69, 9.17) is 4.74 Å². The molecule has 0 heterocycles. The molecule has 7 heteroatoms. The first-order valence-electron chi connectivity index (χ1n) is 9.57. The number of nitrogens with one attached hydrogen (secondary N) is 1. The van der Waals surface area contributed by atoms with Gasteiger partial charge in [-0.05, 0) is 35.9 Å². The highest BCUT2D eigenvalue weighted by atomic mass is 19.3. The molecule has 1 N–H and O–H groups in total. The van der Waals surface area contributed by atoms with Gasteiger partial charge in [0.15, 0.2) is 5.78 Å². The Morgan fingerprint density at radius 2 is 1.65 bits per heavy atom. The molecule has 160 valence electrons. The van der Waals surface area contributed by atoms with Crippen molar-refractivity contribution in [3.8, 4) is 22.6 Å². The molecule has 3 aromatic carbocycles. The van der Waals surface area contributed by atoms with Gasteiger partial charge in [0.05, 0.1) is 7.11 Å². The van der Waals surface area contributed by atoms with Gasteiger partial charge in [-0.2, -0.15) is 8.78 Å². The van der Waals surface area contributed by atoms with Crippen LogP contribution in [0.5, 0.6) is 11.5 Å². The third kappa shape index (κ3) is 6.12. The lowest BCUT2D eigenvalue weighted by atomic mass is 10.0. The lowest BCUT2D eigenvalue weighted by Gasteiger charge is -2.14. The van der Waals surface area contributed by atoms with Crippen LogP contribution in [0.1, 0.15) is 23.2 Å². The molecule has 0 radical (unpaired) electrons. The zero-order chi connectivity index (χ0) is 22.2. The molecule has 0 aliphatic rings. The SMILES string of the molecule is COc1ccc(-c2cc(NC(=O)CCC(=O)c3ccccc3)ccc2OC(F)F)cc1. The molecule has 3 aromatic rings. The number of hydrogen-bond donors (Lipinski definition) is 1. The molecule has 0 saturated carbocycles. The molecule has 31 heavy (non-hydrogen) atoms. The number of methoxy groups -OCH3 is 1. The van der Waals surface area contributed by atoms with Crippen molar-refractivity contribution >= 4 is 17.4 Å². The second-order valence-electron chi connectivity index (χ2n) is 6.66. The van der Waals surface area contributed by atoms with Gasteiger partial charge in [-0.3, -0.25) is 9.59 Å². The van der Waals surface area contributed by atoms with E-state index in [2.05, 4.69) is 10.1 Å². The lowest BCUT2D eigenvalue weighted by Crippen LogP contribution is -2.13. The number of amides is 1. The smallest absolute Gasteiger partial charge is 0.387 e. The van der Waals surface area contributed by atoms with E-state index in [1.165, 1.54) is 19.2 Å². The van der Waals surface area contributed by atoms with Crippen molar-refractivity contribution in [2.45, 2.75) is 19.5 Å². The van der Waals surface area contributed by atoms with E-state index in [0.717, 1.165) is 0 Å². The maximum atomic E-state index is 12.8. The number of benzene rings is 3. The number of alkyl halides is 2. The highest BCUT2D eigenvalue weighted by Gasteiger charge is 2.14. The Kier molecular flexibility index (Phi) is 7.32. The van der Waals surface area contributed by atoms with E-state index in [9.17, 15) is 18.4 Å². The van der Waals surface area contributed by atoms with Gasteiger partial charge in [-0.1, -0.05) is 42.5 Å². The summed E-state index contributed by atoms with van der Waals surface area (Å²) in [6, 6.07) is 19.9. The van der Waals surface area contributed by atoms with Crippen molar-refractivity contribution in [1.29, 1.82) is 0 Å². The minimum absolute atomic E-state index is 0.000875. The van der Waals surface area contributed by atoms with Gasteiger partial charge in [0.25, 0.3) is 0 Å². The van der Waals surface area contributed by atoms with Gasteiger partial charge in [-0.15, -0.1) is 0 Å². The van der Waals surface area contributed by atoms with E-state index in [0.29, 0.717) is 28.1 Å². The van der Waals surface area contributed by atoms with Gasteiger partial charge in [0.2, 0.25) is 5.91 Å². The van der Waals surface area contributed by atoms with Crippen LogP contribution >= 0.6 is 0 Å². The van der Waals surface area contributed by atoms with Crippen LogP contribution < -0.4 is 14.8 Å². The van der Waals surface area contributed by atoms with E-state index >= 15 is 0 Å². The third-order valence-electron chi connectivity index (χ3n) is 4.56. The molecule has 0 aliphatic heterocycles. The van der Waals surface area contributed by atoms with Gasteiger partial charge in [0, 0.05) is 29.7 Å². The van der Waals surface area contributed by atoms with Crippen LogP contribution in [-0.2, 0) is 4.79 Å². The molecule has 0 spiro atoms. The Balaban J connectivity index is 1.73. The zero-order valence-electron chi connectivity index (χ0n) is 16.8. The highest BCUT2D eigenvalue weighted by Crippen LogP contribution is 2.34. The molecule has 0 fully saturated rings. The second kappa shape index (κ2) is 10.3. The maximum absolute atomic E-state index is 12.8. The monoisotopic (exact) mass is 425 g/mol.